The van der Waals surface area contributed by atoms with Gasteiger partial charge in [-0.2, -0.15) is 0 Å². The van der Waals surface area contributed by atoms with E-state index in [-0.39, 0.29) is 29.1 Å². The normalized spacial score (nSPS) is 47.2. The summed E-state index contributed by atoms with van der Waals surface area (Å²) in [5, 5.41) is 30.3. The van der Waals surface area contributed by atoms with Crippen LogP contribution < -0.4 is 0 Å². The van der Waals surface area contributed by atoms with Gasteiger partial charge in [-0.05, 0) is 68.1 Å². The fraction of sp³-hybridized carbons (Fsp3) is 0.792. The van der Waals surface area contributed by atoms with Crippen LogP contribution in [-0.4, -0.2) is 33.2 Å². The molecule has 8 atom stereocenters. The topological polar surface area (TPSA) is 112 Å². The molecule has 0 radical (unpaired) electrons. The fourth-order valence-corrected chi connectivity index (χ4v) is 8.56. The molecule has 0 aliphatic heterocycles. The van der Waals surface area contributed by atoms with Crippen molar-refractivity contribution in [2.24, 2.45) is 51.8 Å². The molecular formula is C24H34O6. The van der Waals surface area contributed by atoms with Crippen LogP contribution in [0.4, 0.5) is 0 Å². The molecule has 166 valence electrons. The number of allylic oxidation sites excluding steroid dienone is 2. The third kappa shape index (κ3) is 2.51. The average molecular weight is 419 g/mol. The zero-order valence-electron chi connectivity index (χ0n) is 18.4. The number of hydrogen-bond donors (Lipinski definition) is 3. The van der Waals surface area contributed by atoms with Crippen molar-refractivity contribution in [3.63, 3.8) is 0 Å². The van der Waals surface area contributed by atoms with Gasteiger partial charge >= 0.3 is 17.9 Å². The Bertz CT molecular complexity index is 830. The summed E-state index contributed by atoms with van der Waals surface area (Å²) in [4.78, 5) is 37.0. The molecule has 0 amide bonds. The Hall–Kier alpha value is -1.85. The molecule has 3 fully saturated rings. The Morgan fingerprint density at radius 2 is 1.67 bits per heavy atom. The van der Waals surface area contributed by atoms with Crippen molar-refractivity contribution in [1.29, 1.82) is 0 Å². The molecule has 0 aromatic heterocycles. The maximum absolute atomic E-state index is 12.5. The Morgan fingerprint density at radius 1 is 1.00 bits per heavy atom. The van der Waals surface area contributed by atoms with Crippen LogP contribution in [-0.2, 0) is 14.4 Å². The van der Waals surface area contributed by atoms with Crippen LogP contribution in [0.3, 0.4) is 0 Å². The van der Waals surface area contributed by atoms with Crippen molar-refractivity contribution in [2.75, 3.05) is 0 Å². The Labute approximate surface area is 177 Å². The predicted octanol–water partition coefficient (Wildman–Crippen LogP) is 4.30. The molecule has 3 saturated carbocycles. The second-order valence-electron chi connectivity index (χ2n) is 11.2. The standard InChI is InChI=1S/C24H34O6/c1-12(2)14-11-24-9-6-15-22(3,7-5-8-23(15,4)21(29)30)16(24)10-13(14)17(19(25)26)18(24)20(27)28/h11-13,15-18H,5-10H2,1-4H3,(H,25,26)(H,27,28)(H,29,30)/t13-,15+,16-,17-,18+,22-,23+,24-/m0/s1. The molecule has 5 rings (SSSR count). The van der Waals surface area contributed by atoms with Crippen molar-refractivity contribution >= 4 is 17.9 Å². The minimum absolute atomic E-state index is 0.00641. The number of aliphatic carboxylic acids is 3. The van der Waals surface area contributed by atoms with Crippen molar-refractivity contribution in [3.05, 3.63) is 11.6 Å². The van der Waals surface area contributed by atoms with Crippen LogP contribution in [0.15, 0.2) is 11.6 Å². The minimum Gasteiger partial charge on any atom is -0.481 e. The Balaban J connectivity index is 1.89. The average Bonchev–Trinajstić information content (AvgIpc) is 2.65. The maximum atomic E-state index is 12.5. The quantitative estimate of drug-likeness (QED) is 0.587. The van der Waals surface area contributed by atoms with Crippen molar-refractivity contribution in [3.8, 4) is 0 Å². The Kier molecular flexibility index (Phi) is 4.68. The van der Waals surface area contributed by atoms with E-state index in [4.69, 9.17) is 0 Å². The molecule has 30 heavy (non-hydrogen) atoms. The summed E-state index contributed by atoms with van der Waals surface area (Å²) in [6.07, 6.45) is 6.36. The van der Waals surface area contributed by atoms with Crippen LogP contribution in [0.5, 0.6) is 0 Å². The molecule has 2 bridgehead atoms. The molecule has 6 heteroatoms. The maximum Gasteiger partial charge on any atom is 0.309 e. The van der Waals surface area contributed by atoms with E-state index in [1.165, 1.54) is 0 Å². The molecule has 0 unspecified atom stereocenters. The van der Waals surface area contributed by atoms with Gasteiger partial charge in [-0.1, -0.05) is 38.8 Å². The summed E-state index contributed by atoms with van der Waals surface area (Å²) in [7, 11) is 0. The van der Waals surface area contributed by atoms with Crippen molar-refractivity contribution < 1.29 is 29.7 Å². The van der Waals surface area contributed by atoms with Gasteiger partial charge < -0.3 is 15.3 Å². The van der Waals surface area contributed by atoms with Gasteiger partial charge in [0.15, 0.2) is 0 Å². The lowest BCUT2D eigenvalue weighted by Crippen LogP contribution is -2.66. The first-order valence-corrected chi connectivity index (χ1v) is 11.3. The lowest BCUT2D eigenvalue weighted by Gasteiger charge is -2.68. The van der Waals surface area contributed by atoms with Gasteiger partial charge in [0.1, 0.15) is 0 Å². The van der Waals surface area contributed by atoms with Crippen LogP contribution >= 0.6 is 0 Å². The molecule has 5 aliphatic carbocycles. The van der Waals surface area contributed by atoms with Gasteiger partial charge in [-0.3, -0.25) is 14.4 Å². The second kappa shape index (κ2) is 6.57. The highest BCUT2D eigenvalue weighted by molar-refractivity contribution is 5.83. The van der Waals surface area contributed by atoms with E-state index in [0.717, 1.165) is 18.4 Å². The number of fused-ring (bicyclic) bond motifs is 2. The lowest BCUT2D eigenvalue weighted by atomic mass is 9.34. The van der Waals surface area contributed by atoms with Crippen molar-refractivity contribution in [1.82, 2.24) is 0 Å². The minimum atomic E-state index is -1.02. The van der Waals surface area contributed by atoms with Gasteiger partial charge in [-0.15, -0.1) is 0 Å². The van der Waals surface area contributed by atoms with E-state index < -0.39 is 40.6 Å². The lowest BCUT2D eigenvalue weighted by molar-refractivity contribution is -0.207. The number of hydrogen-bond acceptors (Lipinski definition) is 3. The Morgan fingerprint density at radius 3 is 2.20 bits per heavy atom. The summed E-state index contributed by atoms with van der Waals surface area (Å²) in [5.74, 6) is -4.76. The van der Waals surface area contributed by atoms with Gasteiger partial charge in [0.05, 0.1) is 17.3 Å². The van der Waals surface area contributed by atoms with E-state index in [2.05, 4.69) is 26.8 Å². The number of carboxylic acid groups (broad SMARTS) is 3. The summed E-state index contributed by atoms with van der Waals surface area (Å²) in [6.45, 7) is 8.15. The highest BCUT2D eigenvalue weighted by atomic mass is 16.4. The zero-order valence-corrected chi connectivity index (χ0v) is 18.4. The molecular weight excluding hydrogens is 384 g/mol. The van der Waals surface area contributed by atoms with Gasteiger partial charge in [0, 0.05) is 5.41 Å². The summed E-state index contributed by atoms with van der Waals surface area (Å²) in [5.41, 5.74) is -0.709. The first-order chi connectivity index (χ1) is 13.9. The largest absolute Gasteiger partial charge is 0.481 e. The third-order valence-electron chi connectivity index (χ3n) is 9.72. The number of carboxylic acids is 3. The highest BCUT2D eigenvalue weighted by Gasteiger charge is 2.71. The number of rotatable bonds is 4. The second-order valence-corrected chi connectivity index (χ2v) is 11.2. The molecule has 0 aromatic carbocycles. The molecule has 0 aromatic rings. The molecule has 5 aliphatic rings. The third-order valence-corrected chi connectivity index (χ3v) is 9.72. The molecule has 3 N–H and O–H groups in total. The summed E-state index contributed by atoms with van der Waals surface area (Å²) < 4.78 is 0. The van der Waals surface area contributed by atoms with Crippen molar-refractivity contribution in [2.45, 2.75) is 66.2 Å². The van der Waals surface area contributed by atoms with Crippen LogP contribution in [0.1, 0.15) is 66.2 Å². The van der Waals surface area contributed by atoms with Crippen LogP contribution in [0, 0.1) is 51.8 Å². The smallest absolute Gasteiger partial charge is 0.309 e. The predicted molar refractivity (Wildman–Crippen MR) is 110 cm³/mol. The van der Waals surface area contributed by atoms with E-state index in [0.29, 0.717) is 25.7 Å². The van der Waals surface area contributed by atoms with E-state index in [1.807, 2.05) is 6.92 Å². The molecule has 0 heterocycles. The van der Waals surface area contributed by atoms with E-state index in [9.17, 15) is 29.7 Å². The highest BCUT2D eigenvalue weighted by Crippen LogP contribution is 2.73. The zero-order chi connectivity index (χ0) is 22.2. The summed E-state index contributed by atoms with van der Waals surface area (Å²) in [6, 6.07) is 0. The SMILES string of the molecule is CC(C)C1=C[C@@]23CC[C@@H]4[C@](C)(CCC[C@@]4(C)C(=O)O)[C@@H]2C[C@@H]1[C@H](C(=O)O)[C@@H]3C(=O)O. The monoisotopic (exact) mass is 418 g/mol. The van der Waals surface area contributed by atoms with E-state index >= 15 is 0 Å². The fourth-order valence-electron chi connectivity index (χ4n) is 8.56. The first kappa shape index (κ1) is 21.4. The van der Waals surface area contributed by atoms with Gasteiger partial charge in [0.2, 0.25) is 0 Å². The van der Waals surface area contributed by atoms with E-state index in [1.54, 1.807) is 0 Å². The molecule has 1 spiro atoms. The van der Waals surface area contributed by atoms with Gasteiger partial charge in [0.25, 0.3) is 0 Å². The van der Waals surface area contributed by atoms with Crippen LogP contribution in [0.25, 0.3) is 0 Å². The molecule has 0 saturated heterocycles. The van der Waals surface area contributed by atoms with Gasteiger partial charge in [-0.25, -0.2) is 0 Å². The van der Waals surface area contributed by atoms with Crippen LogP contribution in [0.2, 0.25) is 0 Å². The first-order valence-electron chi connectivity index (χ1n) is 11.3. The number of carbonyl (C=O) groups is 3. The summed E-state index contributed by atoms with van der Waals surface area (Å²) >= 11 is 0. The molecule has 6 nitrogen and oxygen atoms in total.